The normalized spacial score (nSPS) is 24.9. The number of thiophene rings is 1. The molecule has 0 aliphatic heterocycles. The van der Waals surface area contributed by atoms with Gasteiger partial charge in [-0.1, -0.05) is 19.3 Å². The zero-order valence-corrected chi connectivity index (χ0v) is 11.2. The van der Waals surface area contributed by atoms with Crippen molar-refractivity contribution in [2.45, 2.75) is 44.2 Å². The molecule has 1 fully saturated rings. The second kappa shape index (κ2) is 5.29. The van der Waals surface area contributed by atoms with E-state index < -0.39 is 0 Å². The Labute approximate surface area is 112 Å². The first-order valence-corrected chi connectivity index (χ1v) is 7.63. The first kappa shape index (κ1) is 12.0. The molecule has 0 saturated heterocycles. The van der Waals surface area contributed by atoms with E-state index in [0.29, 0.717) is 0 Å². The lowest BCUT2D eigenvalue weighted by Gasteiger charge is -2.23. The lowest BCUT2D eigenvalue weighted by atomic mass is 10.1. The van der Waals surface area contributed by atoms with Crippen molar-refractivity contribution < 1.29 is 5.11 Å². The van der Waals surface area contributed by atoms with Gasteiger partial charge < -0.3 is 10.4 Å². The predicted molar refractivity (Wildman–Crippen MR) is 78.3 cm³/mol. The molecular weight excluding hydrogens is 242 g/mol. The second-order valence-corrected chi connectivity index (χ2v) is 6.08. The summed E-state index contributed by atoms with van der Waals surface area (Å²) in [5.41, 5.74) is 1.13. The number of aliphatic hydroxyl groups is 1. The van der Waals surface area contributed by atoms with Crippen molar-refractivity contribution in [3.63, 3.8) is 0 Å². The Balaban J connectivity index is 1.77. The van der Waals surface area contributed by atoms with Gasteiger partial charge in [-0.05, 0) is 47.9 Å². The van der Waals surface area contributed by atoms with Crippen LogP contribution in [0.5, 0.6) is 0 Å². The number of benzene rings is 1. The fourth-order valence-corrected chi connectivity index (χ4v) is 3.50. The molecule has 3 heteroatoms. The van der Waals surface area contributed by atoms with E-state index in [1.54, 1.807) is 11.3 Å². The van der Waals surface area contributed by atoms with Gasteiger partial charge in [0.25, 0.3) is 0 Å². The standard InChI is InChI=1S/C15H19NOS/c17-14-5-3-1-2-4-13(14)16-12-6-7-15-11(10-12)8-9-18-15/h6-10,13-14,16-17H,1-5H2. The molecule has 2 aromatic rings. The Morgan fingerprint density at radius 2 is 2.00 bits per heavy atom. The molecular formula is C15H19NOS. The first-order chi connectivity index (χ1) is 8.83. The maximum Gasteiger partial charge on any atom is 0.0741 e. The summed E-state index contributed by atoms with van der Waals surface area (Å²) in [6.45, 7) is 0. The van der Waals surface area contributed by atoms with Crippen LogP contribution in [-0.2, 0) is 0 Å². The molecule has 1 aliphatic carbocycles. The van der Waals surface area contributed by atoms with Gasteiger partial charge in [-0.3, -0.25) is 0 Å². The molecule has 18 heavy (non-hydrogen) atoms. The van der Waals surface area contributed by atoms with Gasteiger partial charge in [0.1, 0.15) is 0 Å². The van der Waals surface area contributed by atoms with Gasteiger partial charge in [-0.15, -0.1) is 11.3 Å². The Kier molecular flexibility index (Phi) is 3.52. The van der Waals surface area contributed by atoms with Crippen molar-refractivity contribution in [2.75, 3.05) is 5.32 Å². The molecule has 1 aromatic carbocycles. The number of aliphatic hydroxyl groups excluding tert-OH is 1. The highest BCUT2D eigenvalue weighted by atomic mass is 32.1. The molecule has 2 atom stereocenters. The smallest absolute Gasteiger partial charge is 0.0741 e. The van der Waals surface area contributed by atoms with Crippen molar-refractivity contribution >= 4 is 27.1 Å². The molecule has 96 valence electrons. The minimum Gasteiger partial charge on any atom is -0.391 e. The number of hydrogen-bond acceptors (Lipinski definition) is 3. The molecule has 2 unspecified atom stereocenters. The predicted octanol–water partition coefficient (Wildman–Crippen LogP) is 4.01. The molecule has 0 amide bonds. The molecule has 0 spiro atoms. The molecule has 3 rings (SSSR count). The molecule has 1 heterocycles. The van der Waals surface area contributed by atoms with Gasteiger partial charge in [-0.2, -0.15) is 0 Å². The van der Waals surface area contributed by atoms with Crippen molar-refractivity contribution in [2.24, 2.45) is 0 Å². The molecule has 2 nitrogen and oxygen atoms in total. The first-order valence-electron chi connectivity index (χ1n) is 6.75. The number of rotatable bonds is 2. The van der Waals surface area contributed by atoms with Crippen molar-refractivity contribution in [3.05, 3.63) is 29.6 Å². The monoisotopic (exact) mass is 261 g/mol. The van der Waals surface area contributed by atoms with Crippen LogP contribution in [0.1, 0.15) is 32.1 Å². The van der Waals surface area contributed by atoms with E-state index >= 15 is 0 Å². The fourth-order valence-electron chi connectivity index (χ4n) is 2.73. The number of nitrogens with one attached hydrogen (secondary N) is 1. The van der Waals surface area contributed by atoms with Crippen LogP contribution in [0.2, 0.25) is 0 Å². The number of fused-ring (bicyclic) bond motifs is 1. The van der Waals surface area contributed by atoms with E-state index in [4.69, 9.17) is 0 Å². The lowest BCUT2D eigenvalue weighted by Crippen LogP contribution is -2.32. The average Bonchev–Trinajstić information content (AvgIpc) is 2.75. The SMILES string of the molecule is OC1CCCCCC1Nc1ccc2sccc2c1. The Morgan fingerprint density at radius 3 is 2.94 bits per heavy atom. The van der Waals surface area contributed by atoms with Crippen LogP contribution in [0.25, 0.3) is 10.1 Å². The summed E-state index contributed by atoms with van der Waals surface area (Å²) in [7, 11) is 0. The third kappa shape index (κ3) is 2.52. The van der Waals surface area contributed by atoms with E-state index in [1.807, 2.05) is 0 Å². The summed E-state index contributed by atoms with van der Waals surface area (Å²) in [6, 6.07) is 8.82. The van der Waals surface area contributed by atoms with Gasteiger partial charge in [0.15, 0.2) is 0 Å². The molecule has 0 radical (unpaired) electrons. The highest BCUT2D eigenvalue weighted by Crippen LogP contribution is 2.26. The summed E-state index contributed by atoms with van der Waals surface area (Å²) < 4.78 is 1.32. The summed E-state index contributed by atoms with van der Waals surface area (Å²) in [5.74, 6) is 0. The van der Waals surface area contributed by atoms with Crippen molar-refractivity contribution in [1.82, 2.24) is 0 Å². The third-order valence-corrected chi connectivity index (χ3v) is 4.68. The second-order valence-electron chi connectivity index (χ2n) is 5.13. The number of anilines is 1. The highest BCUT2D eigenvalue weighted by molar-refractivity contribution is 7.17. The van der Waals surface area contributed by atoms with Gasteiger partial charge in [0.05, 0.1) is 12.1 Å². The van der Waals surface area contributed by atoms with Crippen LogP contribution in [0, 0.1) is 0 Å². The lowest BCUT2D eigenvalue weighted by molar-refractivity contribution is 0.144. The third-order valence-electron chi connectivity index (χ3n) is 3.78. The van der Waals surface area contributed by atoms with Crippen molar-refractivity contribution in [3.8, 4) is 0 Å². The van der Waals surface area contributed by atoms with E-state index in [-0.39, 0.29) is 12.1 Å². The molecule has 1 saturated carbocycles. The quantitative estimate of drug-likeness (QED) is 0.801. The number of hydrogen-bond donors (Lipinski definition) is 2. The summed E-state index contributed by atoms with van der Waals surface area (Å²) in [6.07, 6.45) is 5.42. The fraction of sp³-hybridized carbons (Fsp3) is 0.467. The van der Waals surface area contributed by atoms with Crippen LogP contribution < -0.4 is 5.32 Å². The van der Waals surface area contributed by atoms with E-state index in [9.17, 15) is 5.11 Å². The van der Waals surface area contributed by atoms with E-state index in [1.165, 1.54) is 22.9 Å². The average molecular weight is 261 g/mol. The molecule has 2 N–H and O–H groups in total. The summed E-state index contributed by atoms with van der Waals surface area (Å²) >= 11 is 1.77. The van der Waals surface area contributed by atoms with Crippen LogP contribution >= 0.6 is 11.3 Å². The van der Waals surface area contributed by atoms with Crippen LogP contribution in [0.15, 0.2) is 29.6 Å². The zero-order valence-electron chi connectivity index (χ0n) is 10.4. The largest absolute Gasteiger partial charge is 0.391 e. The maximum atomic E-state index is 10.1. The van der Waals surface area contributed by atoms with Gasteiger partial charge >= 0.3 is 0 Å². The maximum absolute atomic E-state index is 10.1. The van der Waals surface area contributed by atoms with E-state index in [0.717, 1.165) is 24.9 Å². The Bertz CT molecular complexity index is 522. The van der Waals surface area contributed by atoms with E-state index in [2.05, 4.69) is 35.0 Å². The van der Waals surface area contributed by atoms with Gasteiger partial charge in [0, 0.05) is 10.4 Å². The zero-order chi connectivity index (χ0) is 12.4. The Hall–Kier alpha value is -1.06. The van der Waals surface area contributed by atoms with Crippen LogP contribution in [0.3, 0.4) is 0 Å². The van der Waals surface area contributed by atoms with Crippen LogP contribution in [0.4, 0.5) is 5.69 Å². The molecule has 0 bridgehead atoms. The van der Waals surface area contributed by atoms with Gasteiger partial charge in [0.2, 0.25) is 0 Å². The highest BCUT2D eigenvalue weighted by Gasteiger charge is 2.21. The van der Waals surface area contributed by atoms with Crippen molar-refractivity contribution in [1.29, 1.82) is 0 Å². The van der Waals surface area contributed by atoms with Gasteiger partial charge in [-0.25, -0.2) is 0 Å². The minimum atomic E-state index is -0.203. The molecule has 1 aromatic heterocycles. The van der Waals surface area contributed by atoms with Crippen LogP contribution in [-0.4, -0.2) is 17.3 Å². The topological polar surface area (TPSA) is 32.3 Å². The summed E-state index contributed by atoms with van der Waals surface area (Å²) in [5, 5.41) is 17.0. The molecule has 1 aliphatic rings. The summed E-state index contributed by atoms with van der Waals surface area (Å²) in [4.78, 5) is 0. The minimum absolute atomic E-state index is 0.203. The Morgan fingerprint density at radius 1 is 1.11 bits per heavy atom.